The fraction of sp³-hybridized carbons (Fsp3) is 0.188. The minimum atomic E-state index is -0.298. The van der Waals surface area contributed by atoms with E-state index in [0.29, 0.717) is 0 Å². The highest BCUT2D eigenvalue weighted by Gasteiger charge is 2.16. The number of halogens is 1. The highest BCUT2D eigenvalue weighted by molar-refractivity contribution is 5.71. The SMILES string of the molecule is COC(=O)C[C@@H](Nc1ccc(F)cc1)c1ccccc1. The molecule has 0 fully saturated rings. The zero-order valence-electron chi connectivity index (χ0n) is 11.2. The van der Waals surface area contributed by atoms with Crippen molar-refractivity contribution < 1.29 is 13.9 Å². The summed E-state index contributed by atoms with van der Waals surface area (Å²) in [5.74, 6) is -0.590. The molecule has 0 aliphatic rings. The minimum absolute atomic E-state index is 0.206. The van der Waals surface area contributed by atoms with Gasteiger partial charge in [0.1, 0.15) is 5.82 Å². The summed E-state index contributed by atoms with van der Waals surface area (Å²) in [4.78, 5) is 11.5. The third-order valence-corrected chi connectivity index (χ3v) is 2.99. The Labute approximate surface area is 117 Å². The molecule has 0 heterocycles. The predicted molar refractivity (Wildman–Crippen MR) is 75.8 cm³/mol. The summed E-state index contributed by atoms with van der Waals surface area (Å²) in [7, 11) is 1.36. The van der Waals surface area contributed by atoms with Gasteiger partial charge >= 0.3 is 5.97 Å². The smallest absolute Gasteiger partial charge is 0.307 e. The van der Waals surface area contributed by atoms with Crippen LogP contribution in [-0.4, -0.2) is 13.1 Å². The number of nitrogens with one attached hydrogen (secondary N) is 1. The van der Waals surface area contributed by atoms with Crippen LogP contribution in [0.1, 0.15) is 18.0 Å². The van der Waals surface area contributed by atoms with Crippen molar-refractivity contribution in [2.24, 2.45) is 0 Å². The second-order valence-electron chi connectivity index (χ2n) is 4.39. The van der Waals surface area contributed by atoms with E-state index in [2.05, 4.69) is 5.32 Å². The Hall–Kier alpha value is -2.36. The van der Waals surface area contributed by atoms with Crippen LogP contribution in [0.15, 0.2) is 54.6 Å². The van der Waals surface area contributed by atoms with E-state index < -0.39 is 0 Å². The van der Waals surface area contributed by atoms with Gasteiger partial charge in [-0.2, -0.15) is 0 Å². The second-order valence-corrected chi connectivity index (χ2v) is 4.39. The molecule has 2 aromatic rings. The van der Waals surface area contributed by atoms with Gasteiger partial charge in [0.25, 0.3) is 0 Å². The Balaban J connectivity index is 2.18. The van der Waals surface area contributed by atoms with Crippen molar-refractivity contribution >= 4 is 11.7 Å². The summed E-state index contributed by atoms with van der Waals surface area (Å²) >= 11 is 0. The zero-order valence-corrected chi connectivity index (χ0v) is 11.2. The molecule has 0 saturated heterocycles. The lowest BCUT2D eigenvalue weighted by atomic mass is 10.0. The Bertz CT molecular complexity index is 554. The van der Waals surface area contributed by atoms with Crippen LogP contribution >= 0.6 is 0 Å². The first-order chi connectivity index (χ1) is 9.69. The first-order valence-electron chi connectivity index (χ1n) is 6.33. The average Bonchev–Trinajstić information content (AvgIpc) is 2.49. The van der Waals surface area contributed by atoms with Gasteiger partial charge in [0.15, 0.2) is 0 Å². The van der Waals surface area contributed by atoms with E-state index in [4.69, 9.17) is 4.74 Å². The van der Waals surface area contributed by atoms with Crippen molar-refractivity contribution in [3.05, 3.63) is 66.0 Å². The molecule has 20 heavy (non-hydrogen) atoms. The highest BCUT2D eigenvalue weighted by atomic mass is 19.1. The van der Waals surface area contributed by atoms with Gasteiger partial charge in [-0.3, -0.25) is 4.79 Å². The number of carbonyl (C=O) groups excluding carboxylic acids is 1. The molecular formula is C16H16FNO2. The molecule has 4 heteroatoms. The molecule has 0 aliphatic heterocycles. The molecule has 0 radical (unpaired) electrons. The molecule has 104 valence electrons. The van der Waals surface area contributed by atoms with Crippen LogP contribution in [0.2, 0.25) is 0 Å². The Morgan fingerprint density at radius 3 is 2.40 bits per heavy atom. The molecular weight excluding hydrogens is 257 g/mol. The quantitative estimate of drug-likeness (QED) is 0.847. The van der Waals surface area contributed by atoms with Gasteiger partial charge < -0.3 is 10.1 Å². The number of hydrogen-bond donors (Lipinski definition) is 1. The number of rotatable bonds is 5. The van der Waals surface area contributed by atoms with E-state index in [1.807, 2.05) is 30.3 Å². The number of carbonyl (C=O) groups is 1. The maximum absolute atomic E-state index is 12.9. The Kier molecular flexibility index (Phi) is 4.71. The fourth-order valence-electron chi connectivity index (χ4n) is 1.93. The van der Waals surface area contributed by atoms with Crippen LogP contribution < -0.4 is 5.32 Å². The molecule has 1 N–H and O–H groups in total. The first-order valence-corrected chi connectivity index (χ1v) is 6.33. The topological polar surface area (TPSA) is 38.3 Å². The summed E-state index contributed by atoms with van der Waals surface area (Å²) in [6.07, 6.45) is 0.206. The number of methoxy groups -OCH3 is 1. The van der Waals surface area contributed by atoms with Crippen molar-refractivity contribution in [1.29, 1.82) is 0 Å². The number of hydrogen-bond acceptors (Lipinski definition) is 3. The monoisotopic (exact) mass is 273 g/mol. The molecule has 0 saturated carbocycles. The van der Waals surface area contributed by atoms with Gasteiger partial charge in [0, 0.05) is 5.69 Å². The molecule has 0 aromatic heterocycles. The first kappa shape index (κ1) is 14.1. The van der Waals surface area contributed by atoms with Crippen LogP contribution in [-0.2, 0) is 9.53 Å². The van der Waals surface area contributed by atoms with Crippen molar-refractivity contribution in [2.75, 3.05) is 12.4 Å². The normalized spacial score (nSPS) is 11.7. The highest BCUT2D eigenvalue weighted by Crippen LogP contribution is 2.23. The van der Waals surface area contributed by atoms with E-state index in [1.165, 1.54) is 19.2 Å². The zero-order chi connectivity index (χ0) is 14.4. The Morgan fingerprint density at radius 1 is 1.15 bits per heavy atom. The standard InChI is InChI=1S/C16H16FNO2/c1-20-16(19)11-15(12-5-3-2-4-6-12)18-14-9-7-13(17)8-10-14/h2-10,15,18H,11H2,1H3/t15-/m1/s1. The van der Waals surface area contributed by atoms with E-state index in [1.54, 1.807) is 12.1 Å². The van der Waals surface area contributed by atoms with Gasteiger partial charge in [-0.05, 0) is 29.8 Å². The maximum atomic E-state index is 12.9. The molecule has 2 aromatic carbocycles. The van der Waals surface area contributed by atoms with E-state index in [0.717, 1.165) is 11.3 Å². The lowest BCUT2D eigenvalue weighted by molar-refractivity contribution is -0.140. The summed E-state index contributed by atoms with van der Waals surface area (Å²) in [6.45, 7) is 0. The third kappa shape index (κ3) is 3.82. The fourth-order valence-corrected chi connectivity index (χ4v) is 1.93. The molecule has 0 bridgehead atoms. The van der Waals surface area contributed by atoms with Crippen molar-refractivity contribution in [2.45, 2.75) is 12.5 Å². The van der Waals surface area contributed by atoms with Crippen molar-refractivity contribution in [1.82, 2.24) is 0 Å². The molecule has 0 amide bonds. The lowest BCUT2D eigenvalue weighted by Gasteiger charge is -2.19. The number of esters is 1. The van der Waals surface area contributed by atoms with Gasteiger partial charge in [0.2, 0.25) is 0 Å². The average molecular weight is 273 g/mol. The summed E-state index contributed by atoms with van der Waals surface area (Å²) in [5, 5.41) is 3.22. The largest absolute Gasteiger partial charge is 0.469 e. The van der Waals surface area contributed by atoms with Gasteiger partial charge in [-0.25, -0.2) is 4.39 Å². The van der Waals surface area contributed by atoms with E-state index in [-0.39, 0.29) is 24.2 Å². The van der Waals surface area contributed by atoms with Gasteiger partial charge in [-0.1, -0.05) is 30.3 Å². The van der Waals surface area contributed by atoms with Gasteiger partial charge in [0.05, 0.1) is 19.6 Å². The van der Waals surface area contributed by atoms with Crippen molar-refractivity contribution in [3.63, 3.8) is 0 Å². The molecule has 3 nitrogen and oxygen atoms in total. The summed E-state index contributed by atoms with van der Waals surface area (Å²) in [6, 6.07) is 15.4. The Morgan fingerprint density at radius 2 is 1.80 bits per heavy atom. The van der Waals surface area contributed by atoms with Crippen molar-refractivity contribution in [3.8, 4) is 0 Å². The van der Waals surface area contributed by atoms with Crippen LogP contribution in [0.25, 0.3) is 0 Å². The molecule has 1 atom stereocenters. The molecule has 0 spiro atoms. The predicted octanol–water partition coefficient (Wildman–Crippen LogP) is 3.54. The van der Waals surface area contributed by atoms with Crippen LogP contribution in [0, 0.1) is 5.82 Å². The van der Waals surface area contributed by atoms with Crippen LogP contribution in [0.3, 0.4) is 0 Å². The summed E-state index contributed by atoms with van der Waals surface area (Å²) < 4.78 is 17.6. The molecule has 2 rings (SSSR count). The van der Waals surface area contributed by atoms with Gasteiger partial charge in [-0.15, -0.1) is 0 Å². The number of benzene rings is 2. The van der Waals surface area contributed by atoms with Crippen LogP contribution in [0.5, 0.6) is 0 Å². The van der Waals surface area contributed by atoms with E-state index in [9.17, 15) is 9.18 Å². The molecule has 0 aliphatic carbocycles. The summed E-state index contributed by atoms with van der Waals surface area (Å²) in [5.41, 5.74) is 1.73. The van der Waals surface area contributed by atoms with Crippen LogP contribution in [0.4, 0.5) is 10.1 Å². The lowest BCUT2D eigenvalue weighted by Crippen LogP contribution is -2.16. The number of anilines is 1. The minimum Gasteiger partial charge on any atom is -0.469 e. The molecule has 0 unspecified atom stereocenters. The maximum Gasteiger partial charge on any atom is 0.307 e. The second kappa shape index (κ2) is 6.70. The number of ether oxygens (including phenoxy) is 1. The van der Waals surface area contributed by atoms with E-state index >= 15 is 0 Å². The third-order valence-electron chi connectivity index (χ3n) is 2.99.